The maximum atomic E-state index is 4.60. The maximum Gasteiger partial charge on any atom is 0.147 e. The molecule has 2 heterocycles. The molecule has 1 saturated heterocycles. The standard InChI is InChI=1S/C15H28N4/c1-4-5-10-19-15(16-13(2)17-19)7-6-14-8-11-18(3)12-9-14/h14H,4-12H2,1-3H3. The third-order valence-corrected chi connectivity index (χ3v) is 4.19. The molecule has 1 aromatic rings. The van der Waals surface area contributed by atoms with Crippen LogP contribution in [-0.4, -0.2) is 39.8 Å². The van der Waals surface area contributed by atoms with Crippen LogP contribution in [0.5, 0.6) is 0 Å². The van der Waals surface area contributed by atoms with Gasteiger partial charge in [-0.05, 0) is 58.7 Å². The monoisotopic (exact) mass is 264 g/mol. The van der Waals surface area contributed by atoms with Crippen molar-refractivity contribution in [2.75, 3.05) is 20.1 Å². The molecule has 2 rings (SSSR count). The Morgan fingerprint density at radius 3 is 2.68 bits per heavy atom. The summed E-state index contributed by atoms with van der Waals surface area (Å²) in [4.78, 5) is 7.04. The highest BCUT2D eigenvalue weighted by Gasteiger charge is 2.17. The first-order valence-electron chi connectivity index (χ1n) is 7.78. The van der Waals surface area contributed by atoms with Crippen molar-refractivity contribution in [3.05, 3.63) is 11.6 Å². The first-order valence-corrected chi connectivity index (χ1v) is 7.78. The minimum Gasteiger partial charge on any atom is -0.306 e. The van der Waals surface area contributed by atoms with Gasteiger partial charge in [-0.15, -0.1) is 0 Å². The van der Waals surface area contributed by atoms with E-state index in [2.05, 4.69) is 33.6 Å². The van der Waals surface area contributed by atoms with Gasteiger partial charge in [-0.25, -0.2) is 9.67 Å². The molecule has 0 radical (unpaired) electrons. The van der Waals surface area contributed by atoms with Crippen LogP contribution in [0.25, 0.3) is 0 Å². The molecule has 1 fully saturated rings. The molecule has 19 heavy (non-hydrogen) atoms. The average molecular weight is 264 g/mol. The number of aryl methyl sites for hydroxylation is 3. The zero-order chi connectivity index (χ0) is 13.7. The third kappa shape index (κ3) is 4.30. The van der Waals surface area contributed by atoms with Gasteiger partial charge in [0, 0.05) is 13.0 Å². The Bertz CT molecular complexity index is 377. The lowest BCUT2D eigenvalue weighted by Crippen LogP contribution is -2.30. The maximum absolute atomic E-state index is 4.60. The van der Waals surface area contributed by atoms with Crippen molar-refractivity contribution in [3.8, 4) is 0 Å². The lowest BCUT2D eigenvalue weighted by molar-refractivity contribution is 0.211. The van der Waals surface area contributed by atoms with E-state index >= 15 is 0 Å². The van der Waals surface area contributed by atoms with Gasteiger partial charge in [0.05, 0.1) is 0 Å². The van der Waals surface area contributed by atoms with E-state index in [0.29, 0.717) is 0 Å². The zero-order valence-corrected chi connectivity index (χ0v) is 12.7. The van der Waals surface area contributed by atoms with Gasteiger partial charge < -0.3 is 4.90 Å². The molecular formula is C15H28N4. The zero-order valence-electron chi connectivity index (χ0n) is 12.7. The Morgan fingerprint density at radius 1 is 1.26 bits per heavy atom. The van der Waals surface area contributed by atoms with Gasteiger partial charge in [-0.2, -0.15) is 5.10 Å². The molecule has 0 unspecified atom stereocenters. The van der Waals surface area contributed by atoms with E-state index in [1.54, 1.807) is 0 Å². The molecule has 1 aliphatic rings. The van der Waals surface area contributed by atoms with E-state index < -0.39 is 0 Å². The molecule has 108 valence electrons. The number of hydrogen-bond donors (Lipinski definition) is 0. The van der Waals surface area contributed by atoms with Gasteiger partial charge in [0.15, 0.2) is 0 Å². The Hall–Kier alpha value is -0.900. The quantitative estimate of drug-likeness (QED) is 0.792. The summed E-state index contributed by atoms with van der Waals surface area (Å²) in [5.41, 5.74) is 0. The number of hydrogen-bond acceptors (Lipinski definition) is 3. The summed E-state index contributed by atoms with van der Waals surface area (Å²) in [5.74, 6) is 3.01. The molecule has 0 amide bonds. The van der Waals surface area contributed by atoms with Gasteiger partial charge in [0.25, 0.3) is 0 Å². The van der Waals surface area contributed by atoms with Crippen LogP contribution in [0, 0.1) is 12.8 Å². The van der Waals surface area contributed by atoms with Crippen LogP contribution >= 0.6 is 0 Å². The molecule has 4 heteroatoms. The van der Waals surface area contributed by atoms with E-state index in [1.807, 2.05) is 6.92 Å². The highest BCUT2D eigenvalue weighted by Crippen LogP contribution is 2.21. The predicted octanol–water partition coefficient (Wildman–Crippen LogP) is 2.66. The fraction of sp³-hybridized carbons (Fsp3) is 0.867. The summed E-state index contributed by atoms with van der Waals surface area (Å²) < 4.78 is 2.13. The Morgan fingerprint density at radius 2 is 2.00 bits per heavy atom. The highest BCUT2D eigenvalue weighted by molar-refractivity contribution is 4.92. The summed E-state index contributed by atoms with van der Waals surface area (Å²) >= 11 is 0. The second-order valence-corrected chi connectivity index (χ2v) is 5.94. The lowest BCUT2D eigenvalue weighted by Gasteiger charge is -2.28. The molecule has 0 N–H and O–H groups in total. The van der Waals surface area contributed by atoms with Crippen LogP contribution < -0.4 is 0 Å². The Balaban J connectivity index is 1.84. The fourth-order valence-electron chi connectivity index (χ4n) is 2.86. The van der Waals surface area contributed by atoms with Crippen LogP contribution in [-0.2, 0) is 13.0 Å². The van der Waals surface area contributed by atoms with Crippen molar-refractivity contribution in [1.82, 2.24) is 19.7 Å². The number of likely N-dealkylation sites (tertiary alicyclic amines) is 1. The number of aromatic nitrogens is 3. The topological polar surface area (TPSA) is 34.0 Å². The van der Waals surface area contributed by atoms with Crippen molar-refractivity contribution in [3.63, 3.8) is 0 Å². The SMILES string of the molecule is CCCCn1nc(C)nc1CCC1CCN(C)CC1. The van der Waals surface area contributed by atoms with E-state index in [-0.39, 0.29) is 0 Å². The summed E-state index contributed by atoms with van der Waals surface area (Å²) in [7, 11) is 2.22. The van der Waals surface area contributed by atoms with Crippen molar-refractivity contribution in [1.29, 1.82) is 0 Å². The van der Waals surface area contributed by atoms with Crippen molar-refractivity contribution in [2.45, 2.75) is 58.9 Å². The lowest BCUT2D eigenvalue weighted by atomic mass is 9.92. The van der Waals surface area contributed by atoms with Crippen LogP contribution in [0.4, 0.5) is 0 Å². The summed E-state index contributed by atoms with van der Waals surface area (Å²) in [6, 6.07) is 0. The molecule has 0 aliphatic carbocycles. The first-order chi connectivity index (χ1) is 9.19. The van der Waals surface area contributed by atoms with E-state index in [0.717, 1.165) is 24.7 Å². The third-order valence-electron chi connectivity index (χ3n) is 4.19. The van der Waals surface area contributed by atoms with Crippen LogP contribution in [0.2, 0.25) is 0 Å². The molecule has 1 aliphatic heterocycles. The Labute approximate surface area is 117 Å². The molecule has 0 bridgehead atoms. The number of piperidine rings is 1. The first kappa shape index (κ1) is 14.5. The second kappa shape index (κ2) is 7.04. The minimum atomic E-state index is 0.882. The average Bonchev–Trinajstić information content (AvgIpc) is 2.76. The molecule has 4 nitrogen and oxygen atoms in total. The van der Waals surface area contributed by atoms with E-state index in [1.165, 1.54) is 51.0 Å². The van der Waals surface area contributed by atoms with Gasteiger partial charge in [-0.3, -0.25) is 0 Å². The molecular weight excluding hydrogens is 236 g/mol. The molecule has 0 aromatic carbocycles. The van der Waals surface area contributed by atoms with Gasteiger partial charge >= 0.3 is 0 Å². The number of unbranched alkanes of at least 4 members (excludes halogenated alkanes) is 1. The van der Waals surface area contributed by atoms with E-state index in [9.17, 15) is 0 Å². The van der Waals surface area contributed by atoms with Gasteiger partial charge in [0.2, 0.25) is 0 Å². The van der Waals surface area contributed by atoms with Gasteiger partial charge in [-0.1, -0.05) is 13.3 Å². The smallest absolute Gasteiger partial charge is 0.147 e. The Kier molecular flexibility index (Phi) is 5.37. The van der Waals surface area contributed by atoms with Crippen molar-refractivity contribution < 1.29 is 0 Å². The van der Waals surface area contributed by atoms with Crippen molar-refractivity contribution >= 4 is 0 Å². The highest BCUT2D eigenvalue weighted by atomic mass is 15.3. The van der Waals surface area contributed by atoms with E-state index in [4.69, 9.17) is 0 Å². The second-order valence-electron chi connectivity index (χ2n) is 5.94. The predicted molar refractivity (Wildman–Crippen MR) is 78.2 cm³/mol. The minimum absolute atomic E-state index is 0.882. The largest absolute Gasteiger partial charge is 0.306 e. The molecule has 0 saturated carbocycles. The molecule has 1 aromatic heterocycles. The number of nitrogens with zero attached hydrogens (tertiary/aromatic N) is 4. The fourth-order valence-corrected chi connectivity index (χ4v) is 2.86. The summed E-state index contributed by atoms with van der Waals surface area (Å²) in [5, 5.41) is 4.52. The molecule has 0 atom stereocenters. The molecule has 0 spiro atoms. The normalized spacial score (nSPS) is 18.1. The van der Waals surface area contributed by atoms with Gasteiger partial charge in [0.1, 0.15) is 11.6 Å². The van der Waals surface area contributed by atoms with Crippen LogP contribution in [0.3, 0.4) is 0 Å². The van der Waals surface area contributed by atoms with Crippen LogP contribution in [0.1, 0.15) is 50.7 Å². The number of rotatable bonds is 6. The summed E-state index contributed by atoms with van der Waals surface area (Å²) in [6.45, 7) is 7.77. The summed E-state index contributed by atoms with van der Waals surface area (Å²) in [6.07, 6.45) is 7.48. The van der Waals surface area contributed by atoms with Crippen molar-refractivity contribution in [2.24, 2.45) is 5.92 Å². The van der Waals surface area contributed by atoms with Crippen LogP contribution in [0.15, 0.2) is 0 Å².